The van der Waals surface area contributed by atoms with Crippen LogP contribution in [0.3, 0.4) is 0 Å². The Morgan fingerprint density at radius 3 is 2.78 bits per heavy atom. The first-order valence-corrected chi connectivity index (χ1v) is 6.30. The van der Waals surface area contributed by atoms with Crippen molar-refractivity contribution in [3.63, 3.8) is 0 Å². The van der Waals surface area contributed by atoms with Gasteiger partial charge in [-0.05, 0) is 5.56 Å². The van der Waals surface area contributed by atoms with E-state index in [0.29, 0.717) is 19.6 Å². The average molecular weight is 250 g/mol. The third-order valence-electron chi connectivity index (χ3n) is 3.30. The Kier molecular flexibility index (Phi) is 4.31. The third kappa shape index (κ3) is 3.53. The molecule has 1 saturated heterocycles. The number of halogens is 1. The highest BCUT2D eigenvalue weighted by molar-refractivity contribution is 5.72. The lowest BCUT2D eigenvalue weighted by Gasteiger charge is -2.15. The molecule has 0 bridgehead atoms. The fourth-order valence-electron chi connectivity index (χ4n) is 2.35. The van der Waals surface area contributed by atoms with Crippen LogP contribution >= 0.6 is 0 Å². The molecule has 0 spiro atoms. The van der Waals surface area contributed by atoms with Gasteiger partial charge in [0.1, 0.15) is 6.17 Å². The van der Waals surface area contributed by atoms with E-state index in [1.165, 1.54) is 12.5 Å². The molecule has 1 aromatic carbocycles. The van der Waals surface area contributed by atoms with Crippen LogP contribution in [0.1, 0.15) is 12.5 Å². The van der Waals surface area contributed by atoms with Crippen molar-refractivity contribution in [2.24, 2.45) is 5.92 Å². The van der Waals surface area contributed by atoms with Crippen molar-refractivity contribution in [3.05, 3.63) is 35.9 Å². The molecule has 1 aliphatic rings. The van der Waals surface area contributed by atoms with E-state index in [2.05, 4.69) is 10.2 Å². The summed E-state index contributed by atoms with van der Waals surface area (Å²) in [5.41, 5.74) is 1.20. The first-order chi connectivity index (χ1) is 8.65. The van der Waals surface area contributed by atoms with Gasteiger partial charge in [-0.1, -0.05) is 30.3 Å². The zero-order chi connectivity index (χ0) is 13.0. The zero-order valence-corrected chi connectivity index (χ0v) is 10.6. The molecule has 3 nitrogen and oxygen atoms in total. The number of hydrogen-bond donors (Lipinski definition) is 1. The van der Waals surface area contributed by atoms with Crippen molar-refractivity contribution < 1.29 is 9.18 Å². The van der Waals surface area contributed by atoms with Gasteiger partial charge in [-0.15, -0.1) is 0 Å². The number of amides is 1. The molecule has 2 rings (SSSR count). The molecule has 4 heteroatoms. The third-order valence-corrected chi connectivity index (χ3v) is 3.30. The molecule has 1 aromatic rings. The summed E-state index contributed by atoms with van der Waals surface area (Å²) in [5.74, 6) is -0.179. The minimum Gasteiger partial charge on any atom is -0.356 e. The SMILES string of the molecule is CC(=O)NCC1CN(Cc2ccccc2)CC1F. The summed E-state index contributed by atoms with van der Waals surface area (Å²) in [4.78, 5) is 12.9. The number of carbonyl (C=O) groups excluding carboxylic acids is 1. The quantitative estimate of drug-likeness (QED) is 0.880. The Labute approximate surface area is 107 Å². The van der Waals surface area contributed by atoms with E-state index in [9.17, 15) is 9.18 Å². The van der Waals surface area contributed by atoms with E-state index in [4.69, 9.17) is 0 Å². The van der Waals surface area contributed by atoms with E-state index in [1.807, 2.05) is 30.3 Å². The van der Waals surface area contributed by atoms with Gasteiger partial charge in [0.15, 0.2) is 0 Å². The van der Waals surface area contributed by atoms with Gasteiger partial charge < -0.3 is 5.32 Å². The van der Waals surface area contributed by atoms with Crippen molar-refractivity contribution >= 4 is 5.91 Å². The summed E-state index contributed by atoms with van der Waals surface area (Å²) < 4.78 is 13.8. The molecule has 1 N–H and O–H groups in total. The maximum absolute atomic E-state index is 13.8. The van der Waals surface area contributed by atoms with Gasteiger partial charge in [0.2, 0.25) is 5.91 Å². The number of nitrogens with zero attached hydrogens (tertiary/aromatic N) is 1. The molecule has 0 radical (unpaired) electrons. The second-order valence-electron chi connectivity index (χ2n) is 4.89. The van der Waals surface area contributed by atoms with Crippen LogP contribution in [-0.4, -0.2) is 36.6 Å². The van der Waals surface area contributed by atoms with E-state index in [1.54, 1.807) is 0 Å². The standard InChI is InChI=1S/C14H19FN2O/c1-11(18)16-7-13-9-17(10-14(13)15)8-12-5-3-2-4-6-12/h2-6,13-14H,7-10H2,1H3,(H,16,18). The van der Waals surface area contributed by atoms with E-state index in [-0.39, 0.29) is 11.8 Å². The van der Waals surface area contributed by atoms with Crippen LogP contribution < -0.4 is 5.32 Å². The summed E-state index contributed by atoms with van der Waals surface area (Å²) in [5, 5.41) is 2.70. The first kappa shape index (κ1) is 13.0. The maximum Gasteiger partial charge on any atom is 0.216 e. The highest BCUT2D eigenvalue weighted by Crippen LogP contribution is 2.21. The molecule has 0 aromatic heterocycles. The minimum absolute atomic E-state index is 0.0855. The zero-order valence-electron chi connectivity index (χ0n) is 10.6. The average Bonchev–Trinajstić information content (AvgIpc) is 2.68. The first-order valence-electron chi connectivity index (χ1n) is 6.30. The van der Waals surface area contributed by atoms with Crippen molar-refractivity contribution in [3.8, 4) is 0 Å². The highest BCUT2D eigenvalue weighted by Gasteiger charge is 2.32. The molecule has 0 aliphatic carbocycles. The summed E-state index contributed by atoms with van der Waals surface area (Å²) in [6.07, 6.45) is -0.847. The molecular formula is C14H19FN2O. The van der Waals surface area contributed by atoms with Gasteiger partial charge in [-0.2, -0.15) is 0 Å². The minimum atomic E-state index is -0.847. The molecule has 98 valence electrons. The van der Waals surface area contributed by atoms with Crippen molar-refractivity contribution in [1.82, 2.24) is 10.2 Å². The topological polar surface area (TPSA) is 32.3 Å². The summed E-state index contributed by atoms with van der Waals surface area (Å²) in [6, 6.07) is 10.1. The lowest BCUT2D eigenvalue weighted by Crippen LogP contribution is -2.31. The summed E-state index contributed by atoms with van der Waals surface area (Å²) >= 11 is 0. The van der Waals surface area contributed by atoms with E-state index < -0.39 is 6.17 Å². The largest absolute Gasteiger partial charge is 0.356 e. The van der Waals surface area contributed by atoms with Crippen LogP contribution in [0.5, 0.6) is 0 Å². The summed E-state index contributed by atoms with van der Waals surface area (Å²) in [6.45, 7) is 3.83. The van der Waals surface area contributed by atoms with Gasteiger partial charge >= 0.3 is 0 Å². The number of alkyl halides is 1. The monoisotopic (exact) mass is 250 g/mol. The number of nitrogens with one attached hydrogen (secondary N) is 1. The summed E-state index contributed by atoms with van der Waals surface area (Å²) in [7, 11) is 0. The van der Waals surface area contributed by atoms with Crippen LogP contribution in [0.25, 0.3) is 0 Å². The van der Waals surface area contributed by atoms with Gasteiger partial charge in [-0.25, -0.2) is 4.39 Å². The number of carbonyl (C=O) groups is 1. The molecule has 1 amide bonds. The second kappa shape index (κ2) is 5.96. The Morgan fingerprint density at radius 2 is 2.11 bits per heavy atom. The molecule has 1 heterocycles. The molecule has 0 saturated carbocycles. The van der Waals surface area contributed by atoms with E-state index >= 15 is 0 Å². The molecule has 1 aliphatic heterocycles. The van der Waals surface area contributed by atoms with Crippen LogP contribution in [0, 0.1) is 5.92 Å². The lowest BCUT2D eigenvalue weighted by atomic mass is 10.1. The smallest absolute Gasteiger partial charge is 0.216 e. The number of hydrogen-bond acceptors (Lipinski definition) is 2. The fourth-order valence-corrected chi connectivity index (χ4v) is 2.35. The lowest BCUT2D eigenvalue weighted by molar-refractivity contribution is -0.119. The normalized spacial score (nSPS) is 24.1. The molecule has 18 heavy (non-hydrogen) atoms. The van der Waals surface area contributed by atoms with E-state index in [0.717, 1.165) is 6.54 Å². The van der Waals surface area contributed by atoms with Crippen LogP contribution in [0.15, 0.2) is 30.3 Å². The Bertz CT molecular complexity index is 396. The van der Waals surface area contributed by atoms with Crippen molar-refractivity contribution in [2.75, 3.05) is 19.6 Å². The van der Waals surface area contributed by atoms with Crippen LogP contribution in [-0.2, 0) is 11.3 Å². The van der Waals surface area contributed by atoms with Crippen LogP contribution in [0.4, 0.5) is 4.39 Å². The molecule has 2 atom stereocenters. The van der Waals surface area contributed by atoms with Gasteiger partial charge in [-0.3, -0.25) is 9.69 Å². The number of benzene rings is 1. The molecule has 2 unspecified atom stereocenters. The number of likely N-dealkylation sites (tertiary alicyclic amines) is 1. The Hall–Kier alpha value is -1.42. The van der Waals surface area contributed by atoms with Gasteiger partial charge in [0.25, 0.3) is 0 Å². The predicted octanol–water partition coefficient (Wildman–Crippen LogP) is 1.59. The van der Waals surface area contributed by atoms with Crippen LogP contribution in [0.2, 0.25) is 0 Å². The Balaban J connectivity index is 1.84. The highest BCUT2D eigenvalue weighted by atomic mass is 19.1. The fraction of sp³-hybridized carbons (Fsp3) is 0.500. The van der Waals surface area contributed by atoms with Crippen molar-refractivity contribution in [1.29, 1.82) is 0 Å². The maximum atomic E-state index is 13.8. The Morgan fingerprint density at radius 1 is 1.39 bits per heavy atom. The second-order valence-corrected chi connectivity index (χ2v) is 4.89. The predicted molar refractivity (Wildman–Crippen MR) is 68.8 cm³/mol. The molecule has 1 fully saturated rings. The molecular weight excluding hydrogens is 231 g/mol. The van der Waals surface area contributed by atoms with Crippen molar-refractivity contribution in [2.45, 2.75) is 19.6 Å². The number of rotatable bonds is 4. The van der Waals surface area contributed by atoms with Gasteiger partial charge in [0, 0.05) is 39.0 Å². The van der Waals surface area contributed by atoms with Gasteiger partial charge in [0.05, 0.1) is 0 Å².